The zero-order valence-corrected chi connectivity index (χ0v) is 27.7. The van der Waals surface area contributed by atoms with Crippen LogP contribution < -0.4 is 20.9 Å². The molecule has 1 heterocycles. The lowest BCUT2D eigenvalue weighted by molar-refractivity contribution is 0.325. The van der Waals surface area contributed by atoms with E-state index in [1.54, 1.807) is 0 Å². The molecular formula is C45H41N. The van der Waals surface area contributed by atoms with Crippen LogP contribution in [-0.2, 0) is 10.8 Å². The SMILES string of the molecule is Cc1cc2c(c3c1=CCCC=3)-c1c(cc(C)c3c1=CCCC=3)C(C)(c1ccc(-n3c4ccccc4c4ccccc43)cc1)C2(C)C. The molecule has 226 valence electrons. The first-order valence-corrected chi connectivity index (χ1v) is 17.1. The summed E-state index contributed by atoms with van der Waals surface area (Å²) >= 11 is 0. The van der Waals surface area contributed by atoms with Crippen LogP contribution in [0.25, 0.3) is 62.9 Å². The van der Waals surface area contributed by atoms with E-state index in [0.717, 1.165) is 25.7 Å². The Labute approximate surface area is 271 Å². The van der Waals surface area contributed by atoms with Crippen LogP contribution in [0.4, 0.5) is 0 Å². The van der Waals surface area contributed by atoms with Gasteiger partial charge in [0.15, 0.2) is 0 Å². The number of rotatable bonds is 2. The molecule has 0 fully saturated rings. The highest BCUT2D eigenvalue weighted by Crippen LogP contribution is 2.55. The Kier molecular flexibility index (Phi) is 5.83. The van der Waals surface area contributed by atoms with Crippen LogP contribution in [0.15, 0.2) is 84.9 Å². The molecule has 3 aliphatic carbocycles. The van der Waals surface area contributed by atoms with E-state index < -0.39 is 0 Å². The molecule has 3 aliphatic rings. The largest absolute Gasteiger partial charge is 0.309 e. The highest BCUT2D eigenvalue weighted by molar-refractivity contribution is 6.09. The second-order valence-electron chi connectivity index (χ2n) is 14.5. The number of aromatic nitrogens is 1. The molecule has 5 aromatic carbocycles. The smallest absolute Gasteiger partial charge is 0.0541 e. The Balaban J connectivity index is 1.34. The lowest BCUT2D eigenvalue weighted by Crippen LogP contribution is -2.52. The molecule has 9 rings (SSSR count). The maximum absolute atomic E-state index is 2.55. The molecule has 46 heavy (non-hydrogen) atoms. The van der Waals surface area contributed by atoms with E-state index in [1.807, 2.05) is 0 Å². The van der Waals surface area contributed by atoms with Crippen molar-refractivity contribution >= 4 is 46.1 Å². The molecule has 1 aromatic heterocycles. The van der Waals surface area contributed by atoms with Crippen LogP contribution in [0.3, 0.4) is 0 Å². The number of nitrogens with zero attached hydrogens (tertiary/aromatic N) is 1. The number of benzene rings is 5. The zero-order chi connectivity index (χ0) is 31.4. The standard InChI is InChI=1S/C45H41N/c1-28-26-38-42(36-18-8-6-14-32(28)36)43-37-19-9-7-15-33(37)29(2)27-39(43)45(5,44(38,3)4)30-22-24-31(25-23-30)46-40-20-12-10-16-34(40)35-17-11-13-21-41(35)46/h10-27H,6-9H2,1-5H3. The van der Waals surface area contributed by atoms with Gasteiger partial charge in [0.25, 0.3) is 0 Å². The van der Waals surface area contributed by atoms with Gasteiger partial charge in [-0.25, -0.2) is 0 Å². The molecule has 1 unspecified atom stereocenters. The van der Waals surface area contributed by atoms with Gasteiger partial charge >= 0.3 is 0 Å². The number of para-hydroxylation sites is 2. The van der Waals surface area contributed by atoms with Crippen molar-refractivity contribution in [2.24, 2.45) is 0 Å². The molecule has 0 amide bonds. The van der Waals surface area contributed by atoms with Crippen molar-refractivity contribution in [2.45, 2.75) is 71.1 Å². The van der Waals surface area contributed by atoms with Gasteiger partial charge in [-0.3, -0.25) is 0 Å². The second kappa shape index (κ2) is 9.69. The summed E-state index contributed by atoms with van der Waals surface area (Å²) in [7, 11) is 0. The normalized spacial score (nSPS) is 19.2. The minimum absolute atomic E-state index is 0.145. The Hall–Kier alpha value is -4.62. The van der Waals surface area contributed by atoms with Gasteiger partial charge in [0.1, 0.15) is 0 Å². The van der Waals surface area contributed by atoms with Gasteiger partial charge in [-0.15, -0.1) is 0 Å². The molecule has 0 saturated carbocycles. The number of fused-ring (bicyclic) bond motifs is 10. The molecule has 0 radical (unpaired) electrons. The first kappa shape index (κ1) is 27.7. The fraction of sp³-hybridized carbons (Fsp3) is 0.244. The minimum atomic E-state index is -0.237. The molecular weight excluding hydrogens is 555 g/mol. The molecule has 0 spiro atoms. The van der Waals surface area contributed by atoms with Gasteiger partial charge in [-0.05, 0) is 124 Å². The summed E-state index contributed by atoms with van der Waals surface area (Å²) in [6, 6.07) is 32.2. The summed E-state index contributed by atoms with van der Waals surface area (Å²) in [6.45, 7) is 12.2. The Morgan fingerprint density at radius 1 is 0.522 bits per heavy atom. The van der Waals surface area contributed by atoms with Crippen molar-refractivity contribution in [1.82, 2.24) is 4.57 Å². The number of hydrogen-bond acceptors (Lipinski definition) is 0. The van der Waals surface area contributed by atoms with Crippen molar-refractivity contribution in [2.75, 3.05) is 0 Å². The number of aryl methyl sites for hydroxylation is 2. The average Bonchev–Trinajstić information content (AvgIpc) is 3.42. The van der Waals surface area contributed by atoms with E-state index in [2.05, 4.69) is 148 Å². The molecule has 0 bridgehead atoms. The maximum atomic E-state index is 2.55. The van der Waals surface area contributed by atoms with Gasteiger partial charge in [-0.1, -0.05) is 106 Å². The van der Waals surface area contributed by atoms with E-state index >= 15 is 0 Å². The molecule has 0 saturated heterocycles. The van der Waals surface area contributed by atoms with Crippen LogP contribution in [0.1, 0.15) is 74.3 Å². The van der Waals surface area contributed by atoms with Crippen LogP contribution in [0.5, 0.6) is 0 Å². The second-order valence-corrected chi connectivity index (χ2v) is 14.5. The van der Waals surface area contributed by atoms with E-state index in [-0.39, 0.29) is 10.8 Å². The van der Waals surface area contributed by atoms with Crippen molar-refractivity contribution in [1.29, 1.82) is 0 Å². The summed E-state index contributed by atoms with van der Waals surface area (Å²) in [5, 5.41) is 8.40. The molecule has 0 aliphatic heterocycles. The summed E-state index contributed by atoms with van der Waals surface area (Å²) in [5.41, 5.74) is 13.4. The predicted molar refractivity (Wildman–Crippen MR) is 196 cm³/mol. The highest BCUT2D eigenvalue weighted by Gasteiger charge is 2.51. The molecule has 0 N–H and O–H groups in total. The lowest BCUT2D eigenvalue weighted by Gasteiger charge is -2.51. The Morgan fingerprint density at radius 2 is 0.978 bits per heavy atom. The number of hydrogen-bond donors (Lipinski definition) is 0. The van der Waals surface area contributed by atoms with E-state index in [1.165, 1.54) is 87.3 Å². The fourth-order valence-electron chi connectivity index (χ4n) is 9.29. The lowest BCUT2D eigenvalue weighted by atomic mass is 9.51. The molecule has 1 heteroatoms. The van der Waals surface area contributed by atoms with Gasteiger partial charge < -0.3 is 4.57 Å². The zero-order valence-electron chi connectivity index (χ0n) is 27.7. The Bertz CT molecular complexity index is 2470. The quantitative estimate of drug-likeness (QED) is 0.190. The van der Waals surface area contributed by atoms with Crippen LogP contribution in [0, 0.1) is 13.8 Å². The van der Waals surface area contributed by atoms with Crippen molar-refractivity contribution in [3.63, 3.8) is 0 Å². The van der Waals surface area contributed by atoms with E-state index in [0.29, 0.717) is 0 Å². The van der Waals surface area contributed by atoms with Gasteiger partial charge in [0.05, 0.1) is 11.0 Å². The van der Waals surface area contributed by atoms with Gasteiger partial charge in [0.2, 0.25) is 0 Å². The van der Waals surface area contributed by atoms with E-state index in [4.69, 9.17) is 0 Å². The maximum Gasteiger partial charge on any atom is 0.0541 e. The van der Waals surface area contributed by atoms with Gasteiger partial charge in [0, 0.05) is 27.3 Å². The Morgan fingerprint density at radius 3 is 1.52 bits per heavy atom. The summed E-state index contributed by atoms with van der Waals surface area (Å²) in [6.07, 6.45) is 14.5. The van der Waals surface area contributed by atoms with Crippen LogP contribution >= 0.6 is 0 Å². The van der Waals surface area contributed by atoms with Crippen molar-refractivity contribution in [3.05, 3.63) is 134 Å². The van der Waals surface area contributed by atoms with Crippen molar-refractivity contribution < 1.29 is 0 Å². The third-order valence-electron chi connectivity index (χ3n) is 12.0. The van der Waals surface area contributed by atoms with Gasteiger partial charge in [-0.2, -0.15) is 0 Å². The average molecular weight is 596 g/mol. The van der Waals surface area contributed by atoms with Crippen molar-refractivity contribution in [3.8, 4) is 16.8 Å². The highest BCUT2D eigenvalue weighted by atomic mass is 15.0. The molecule has 6 aromatic rings. The third kappa shape index (κ3) is 3.52. The molecule has 1 nitrogen and oxygen atoms in total. The van der Waals surface area contributed by atoms with Crippen LogP contribution in [0.2, 0.25) is 0 Å². The summed E-state index contributed by atoms with van der Waals surface area (Å²) in [4.78, 5) is 0. The monoisotopic (exact) mass is 595 g/mol. The minimum Gasteiger partial charge on any atom is -0.309 e. The van der Waals surface area contributed by atoms with E-state index in [9.17, 15) is 0 Å². The first-order valence-electron chi connectivity index (χ1n) is 17.1. The molecule has 1 atom stereocenters. The topological polar surface area (TPSA) is 4.93 Å². The predicted octanol–water partition coefficient (Wildman–Crippen LogP) is 8.37. The first-order chi connectivity index (χ1) is 22.3. The summed E-state index contributed by atoms with van der Waals surface area (Å²) in [5.74, 6) is 0. The third-order valence-corrected chi connectivity index (χ3v) is 12.0. The fourth-order valence-corrected chi connectivity index (χ4v) is 9.29. The summed E-state index contributed by atoms with van der Waals surface area (Å²) < 4.78 is 2.43. The van der Waals surface area contributed by atoms with Crippen LogP contribution in [-0.4, -0.2) is 4.57 Å².